The number of rotatable bonds is 2. The Hall–Kier alpha value is -0.220. The molecule has 4 saturated carbocycles. The number of carbonyl (C=O) groups is 1. The Balaban J connectivity index is 1.49. The summed E-state index contributed by atoms with van der Waals surface area (Å²) < 4.78 is 0. The lowest BCUT2D eigenvalue weighted by atomic mass is 9.48. The predicted octanol–water partition coefficient (Wildman–Crippen LogP) is 2.06. The largest absolute Gasteiger partial charge is 0.333 e. The van der Waals surface area contributed by atoms with E-state index in [1.165, 1.54) is 32.1 Å². The number of nitrogens with zero attached hydrogens (tertiary/aromatic N) is 1. The highest BCUT2D eigenvalue weighted by molar-refractivity contribution is 7.99. The van der Waals surface area contributed by atoms with Crippen molar-refractivity contribution in [1.29, 1.82) is 0 Å². The molecule has 4 heteroatoms. The highest BCUT2D eigenvalue weighted by Crippen LogP contribution is 2.58. The van der Waals surface area contributed by atoms with E-state index in [9.17, 15) is 4.79 Å². The number of amides is 1. The van der Waals surface area contributed by atoms with E-state index in [1.807, 2.05) is 16.7 Å². The minimum Gasteiger partial charge on any atom is -0.333 e. The van der Waals surface area contributed by atoms with E-state index in [0.29, 0.717) is 11.8 Å². The lowest BCUT2D eigenvalue weighted by Gasteiger charge is -2.60. The van der Waals surface area contributed by atoms with Gasteiger partial charge in [-0.05, 0) is 55.8 Å². The Kier molecular flexibility index (Phi) is 2.89. The molecule has 0 radical (unpaired) electrons. The van der Waals surface area contributed by atoms with Crippen LogP contribution in [0.25, 0.3) is 0 Å². The van der Waals surface area contributed by atoms with Crippen LogP contribution in [-0.2, 0) is 4.79 Å². The highest BCUT2D eigenvalue weighted by Gasteiger charge is 2.55. The summed E-state index contributed by atoms with van der Waals surface area (Å²) in [6.45, 7) is 0.948. The zero-order valence-electron chi connectivity index (χ0n) is 11.5. The van der Waals surface area contributed by atoms with Gasteiger partial charge in [-0.3, -0.25) is 4.79 Å². The third-order valence-corrected chi connectivity index (χ3v) is 7.05. The van der Waals surface area contributed by atoms with E-state index in [0.717, 1.165) is 42.3 Å². The minimum absolute atomic E-state index is 0.00270. The second-order valence-electron chi connectivity index (χ2n) is 7.35. The fourth-order valence-electron chi connectivity index (χ4n) is 5.51. The lowest BCUT2D eigenvalue weighted by Crippen LogP contribution is -2.62. The maximum Gasteiger partial charge on any atom is 0.223 e. The van der Waals surface area contributed by atoms with Gasteiger partial charge in [0.2, 0.25) is 5.91 Å². The van der Waals surface area contributed by atoms with Gasteiger partial charge in [0, 0.05) is 24.3 Å². The molecule has 5 aliphatic rings. The Morgan fingerprint density at radius 2 is 2.00 bits per heavy atom. The topological polar surface area (TPSA) is 46.3 Å². The van der Waals surface area contributed by atoms with E-state index in [1.54, 1.807) is 0 Å². The monoisotopic (exact) mass is 280 g/mol. The average molecular weight is 280 g/mol. The van der Waals surface area contributed by atoms with Crippen LogP contribution in [0, 0.1) is 23.7 Å². The molecule has 3 unspecified atom stereocenters. The van der Waals surface area contributed by atoms with Crippen LogP contribution in [0.2, 0.25) is 0 Å². The highest BCUT2D eigenvalue weighted by atomic mass is 32.2. The van der Waals surface area contributed by atoms with Gasteiger partial charge >= 0.3 is 0 Å². The first-order valence-corrected chi connectivity index (χ1v) is 8.94. The zero-order chi connectivity index (χ0) is 13.0. The van der Waals surface area contributed by atoms with Gasteiger partial charge in [-0.25, -0.2) is 0 Å². The molecule has 0 aromatic carbocycles. The van der Waals surface area contributed by atoms with E-state index in [-0.39, 0.29) is 5.54 Å². The summed E-state index contributed by atoms with van der Waals surface area (Å²) in [5.41, 5.74) is 6.73. The molecule has 3 atom stereocenters. The molecular formula is C15H24N2OS. The van der Waals surface area contributed by atoms with Gasteiger partial charge in [0.1, 0.15) is 0 Å². The van der Waals surface area contributed by atoms with Crippen LogP contribution in [0.15, 0.2) is 0 Å². The summed E-state index contributed by atoms with van der Waals surface area (Å²) in [4.78, 5) is 14.5. The Bertz CT molecular complexity index is 380. The molecule has 2 N–H and O–H groups in total. The minimum atomic E-state index is -0.00270. The Morgan fingerprint density at radius 3 is 2.58 bits per heavy atom. The molecule has 1 saturated heterocycles. The smallest absolute Gasteiger partial charge is 0.223 e. The third-order valence-electron chi connectivity index (χ3n) is 6.08. The van der Waals surface area contributed by atoms with Crippen molar-refractivity contribution < 1.29 is 4.79 Å². The predicted molar refractivity (Wildman–Crippen MR) is 77.6 cm³/mol. The first-order valence-electron chi connectivity index (χ1n) is 7.78. The van der Waals surface area contributed by atoms with Crippen LogP contribution in [0.4, 0.5) is 0 Å². The average Bonchev–Trinajstić information content (AvgIpc) is 2.86. The van der Waals surface area contributed by atoms with Gasteiger partial charge in [-0.2, -0.15) is 0 Å². The van der Waals surface area contributed by atoms with E-state index in [4.69, 9.17) is 5.73 Å². The SMILES string of the molecule is NC12CC3CC(CC(C3)C1CC(=O)N1CCSC1)C2. The molecule has 4 bridgehead atoms. The lowest BCUT2D eigenvalue weighted by molar-refractivity contribution is -0.136. The summed E-state index contributed by atoms with van der Waals surface area (Å²) in [5.74, 6) is 5.34. The van der Waals surface area contributed by atoms with E-state index < -0.39 is 0 Å². The first-order chi connectivity index (χ1) is 9.14. The molecule has 5 rings (SSSR count). The van der Waals surface area contributed by atoms with Crippen molar-refractivity contribution in [2.45, 2.75) is 44.1 Å². The van der Waals surface area contributed by atoms with Crippen LogP contribution in [-0.4, -0.2) is 34.5 Å². The maximum atomic E-state index is 12.4. The number of hydrogen-bond donors (Lipinski definition) is 1. The normalized spacial score (nSPS) is 47.9. The van der Waals surface area contributed by atoms with Crippen LogP contribution in [0.3, 0.4) is 0 Å². The standard InChI is InChI=1S/C15H24N2OS/c16-15-7-10-3-11(8-15)5-12(4-10)13(15)6-14(18)17-1-2-19-9-17/h10-13H,1-9,16H2. The van der Waals surface area contributed by atoms with Crippen molar-refractivity contribution >= 4 is 17.7 Å². The molecule has 1 heterocycles. The van der Waals surface area contributed by atoms with Gasteiger partial charge in [0.05, 0.1) is 5.88 Å². The number of carbonyl (C=O) groups excluding carboxylic acids is 1. The molecule has 106 valence electrons. The molecule has 3 nitrogen and oxygen atoms in total. The maximum absolute atomic E-state index is 12.4. The second-order valence-corrected chi connectivity index (χ2v) is 8.42. The quantitative estimate of drug-likeness (QED) is 0.842. The molecular weight excluding hydrogens is 256 g/mol. The van der Waals surface area contributed by atoms with Crippen molar-refractivity contribution in [2.75, 3.05) is 18.2 Å². The molecule has 4 aliphatic carbocycles. The molecule has 0 spiro atoms. The van der Waals surface area contributed by atoms with Gasteiger partial charge in [-0.1, -0.05) is 0 Å². The Labute approximate surface area is 119 Å². The van der Waals surface area contributed by atoms with E-state index in [2.05, 4.69) is 0 Å². The fourth-order valence-corrected chi connectivity index (χ4v) is 6.48. The molecule has 5 fully saturated rings. The van der Waals surface area contributed by atoms with Crippen LogP contribution >= 0.6 is 11.8 Å². The van der Waals surface area contributed by atoms with Gasteiger partial charge in [-0.15, -0.1) is 11.8 Å². The molecule has 19 heavy (non-hydrogen) atoms. The van der Waals surface area contributed by atoms with Crippen molar-refractivity contribution in [2.24, 2.45) is 29.4 Å². The number of nitrogens with two attached hydrogens (primary N) is 1. The Morgan fingerprint density at radius 1 is 1.26 bits per heavy atom. The number of thioether (sulfide) groups is 1. The van der Waals surface area contributed by atoms with Gasteiger partial charge < -0.3 is 10.6 Å². The van der Waals surface area contributed by atoms with Gasteiger partial charge in [0.15, 0.2) is 0 Å². The summed E-state index contributed by atoms with van der Waals surface area (Å²) in [6, 6.07) is 0. The van der Waals surface area contributed by atoms with Crippen LogP contribution in [0.5, 0.6) is 0 Å². The van der Waals surface area contributed by atoms with Crippen molar-refractivity contribution in [3.05, 3.63) is 0 Å². The van der Waals surface area contributed by atoms with Crippen LogP contribution in [0.1, 0.15) is 38.5 Å². The summed E-state index contributed by atoms with van der Waals surface area (Å²) >= 11 is 1.87. The van der Waals surface area contributed by atoms with Crippen LogP contribution < -0.4 is 5.73 Å². The van der Waals surface area contributed by atoms with Crippen molar-refractivity contribution in [3.63, 3.8) is 0 Å². The number of hydrogen-bond acceptors (Lipinski definition) is 3. The summed E-state index contributed by atoms with van der Waals surface area (Å²) in [5, 5.41) is 0. The summed E-state index contributed by atoms with van der Waals surface area (Å²) in [7, 11) is 0. The zero-order valence-corrected chi connectivity index (χ0v) is 12.3. The molecule has 0 aromatic heterocycles. The van der Waals surface area contributed by atoms with Gasteiger partial charge in [0.25, 0.3) is 0 Å². The molecule has 1 amide bonds. The fraction of sp³-hybridized carbons (Fsp3) is 0.933. The molecule has 0 aromatic rings. The third kappa shape index (κ3) is 2.02. The van der Waals surface area contributed by atoms with E-state index >= 15 is 0 Å². The van der Waals surface area contributed by atoms with Crippen molar-refractivity contribution in [3.8, 4) is 0 Å². The first kappa shape index (κ1) is 12.5. The second kappa shape index (κ2) is 4.39. The molecule has 1 aliphatic heterocycles. The van der Waals surface area contributed by atoms with Crippen molar-refractivity contribution in [1.82, 2.24) is 4.90 Å². The summed E-state index contributed by atoms with van der Waals surface area (Å²) in [6.07, 6.45) is 7.21.